The van der Waals surface area contributed by atoms with Crippen molar-refractivity contribution < 1.29 is 19.3 Å². The van der Waals surface area contributed by atoms with E-state index in [0.717, 1.165) is 32.4 Å². The van der Waals surface area contributed by atoms with Gasteiger partial charge in [0.2, 0.25) is 0 Å². The lowest BCUT2D eigenvalue weighted by Gasteiger charge is -2.33. The first-order chi connectivity index (χ1) is 10.7. The van der Waals surface area contributed by atoms with Gasteiger partial charge in [0.05, 0.1) is 19.3 Å². The highest BCUT2D eigenvalue weighted by Gasteiger charge is 2.21. The minimum Gasteiger partial charge on any atom is -0.396 e. The number of piperidine rings is 1. The summed E-state index contributed by atoms with van der Waals surface area (Å²) >= 11 is 0. The third kappa shape index (κ3) is 5.65. The Balaban J connectivity index is 1.67. The molecule has 0 bridgehead atoms. The predicted molar refractivity (Wildman–Crippen MR) is 82.9 cm³/mol. The van der Waals surface area contributed by atoms with Crippen molar-refractivity contribution in [2.75, 3.05) is 32.8 Å². The third-order valence-corrected chi connectivity index (χ3v) is 4.14. The number of benzene rings is 1. The fourth-order valence-electron chi connectivity index (χ4n) is 3.01. The number of likely N-dealkylation sites (tertiary alicyclic amines) is 1. The van der Waals surface area contributed by atoms with Gasteiger partial charge in [-0.3, -0.25) is 0 Å². The minimum absolute atomic E-state index is 0.177. The summed E-state index contributed by atoms with van der Waals surface area (Å²) in [5, 5.41) is 19.1. The largest absolute Gasteiger partial charge is 0.396 e. The molecule has 0 aromatic heterocycles. The topological polar surface area (TPSA) is 52.9 Å². The molecule has 1 aromatic rings. The number of halogens is 1. The lowest BCUT2D eigenvalue weighted by atomic mass is 9.95. The van der Waals surface area contributed by atoms with E-state index in [1.165, 1.54) is 6.07 Å². The summed E-state index contributed by atoms with van der Waals surface area (Å²) in [4.78, 5) is 2.22. The lowest BCUT2D eigenvalue weighted by Crippen LogP contribution is -2.41. The average Bonchev–Trinajstić information content (AvgIpc) is 2.50. The fraction of sp³-hybridized carbons (Fsp3) is 0.647. The molecular formula is C17H26FNO3. The maximum absolute atomic E-state index is 13.4. The summed E-state index contributed by atoms with van der Waals surface area (Å²) in [5.74, 6) is 0.241. The normalized spacial score (nSPS) is 21.0. The van der Waals surface area contributed by atoms with Crippen molar-refractivity contribution in [2.45, 2.75) is 32.0 Å². The van der Waals surface area contributed by atoms with E-state index in [4.69, 9.17) is 9.84 Å². The number of β-amino-alcohol motifs (C(OH)–C–C–N with tert-alkyl or cyclic N) is 1. The van der Waals surface area contributed by atoms with Crippen molar-refractivity contribution >= 4 is 0 Å². The maximum Gasteiger partial charge on any atom is 0.128 e. The molecule has 1 aliphatic heterocycles. The molecule has 2 atom stereocenters. The standard InChI is InChI=1S/C17H26FNO3/c18-17-6-2-1-5-15(17)12-22-13-16(21)11-19-8-3-4-14(10-19)7-9-20/h1-2,5-6,14,16,20-21H,3-4,7-13H2/t14-,16-/m1/s1. The van der Waals surface area contributed by atoms with Crippen molar-refractivity contribution in [1.29, 1.82) is 0 Å². The molecule has 0 radical (unpaired) electrons. The van der Waals surface area contributed by atoms with Gasteiger partial charge >= 0.3 is 0 Å². The molecule has 0 spiro atoms. The fourth-order valence-corrected chi connectivity index (χ4v) is 3.01. The molecule has 2 rings (SSSR count). The summed E-state index contributed by atoms with van der Waals surface area (Å²) in [5.41, 5.74) is 0.510. The molecule has 1 aliphatic rings. The van der Waals surface area contributed by atoms with Gasteiger partial charge in [0, 0.05) is 25.3 Å². The van der Waals surface area contributed by atoms with Crippen molar-refractivity contribution in [3.63, 3.8) is 0 Å². The van der Waals surface area contributed by atoms with Crippen LogP contribution in [0.5, 0.6) is 0 Å². The highest BCUT2D eigenvalue weighted by atomic mass is 19.1. The van der Waals surface area contributed by atoms with Gasteiger partial charge in [-0.05, 0) is 37.8 Å². The van der Waals surface area contributed by atoms with Crippen LogP contribution in [-0.4, -0.2) is 54.1 Å². The first-order valence-electron chi connectivity index (χ1n) is 8.01. The van der Waals surface area contributed by atoms with Crippen LogP contribution in [0.2, 0.25) is 0 Å². The Morgan fingerprint density at radius 1 is 1.36 bits per heavy atom. The number of ether oxygens (including phenoxy) is 1. The number of aliphatic hydroxyl groups is 2. The van der Waals surface area contributed by atoms with E-state index in [9.17, 15) is 9.50 Å². The molecule has 0 aliphatic carbocycles. The zero-order valence-electron chi connectivity index (χ0n) is 13.0. The zero-order valence-corrected chi connectivity index (χ0v) is 13.0. The molecule has 5 heteroatoms. The summed E-state index contributed by atoms with van der Waals surface area (Å²) in [7, 11) is 0. The van der Waals surface area contributed by atoms with E-state index in [1.54, 1.807) is 18.2 Å². The van der Waals surface area contributed by atoms with Crippen molar-refractivity contribution in [1.82, 2.24) is 4.90 Å². The summed E-state index contributed by atoms with van der Waals surface area (Å²) in [6, 6.07) is 6.51. The number of nitrogens with zero attached hydrogens (tertiary/aromatic N) is 1. The van der Waals surface area contributed by atoms with E-state index in [-0.39, 0.29) is 25.6 Å². The quantitative estimate of drug-likeness (QED) is 0.769. The minimum atomic E-state index is -0.570. The van der Waals surface area contributed by atoms with Crippen LogP contribution < -0.4 is 0 Å². The number of hydrogen-bond acceptors (Lipinski definition) is 4. The smallest absolute Gasteiger partial charge is 0.128 e. The van der Waals surface area contributed by atoms with E-state index in [2.05, 4.69) is 4.90 Å². The zero-order chi connectivity index (χ0) is 15.8. The summed E-state index contributed by atoms with van der Waals surface area (Å²) < 4.78 is 18.9. The van der Waals surface area contributed by atoms with Gasteiger partial charge in [-0.2, -0.15) is 0 Å². The third-order valence-electron chi connectivity index (χ3n) is 4.14. The molecule has 0 saturated carbocycles. The van der Waals surface area contributed by atoms with E-state index >= 15 is 0 Å². The second-order valence-corrected chi connectivity index (χ2v) is 6.04. The molecule has 2 N–H and O–H groups in total. The predicted octanol–water partition coefficient (Wildman–Crippen LogP) is 1.80. The van der Waals surface area contributed by atoms with Crippen LogP contribution in [0.15, 0.2) is 24.3 Å². The molecule has 0 unspecified atom stereocenters. The van der Waals surface area contributed by atoms with Crippen molar-refractivity contribution in [3.8, 4) is 0 Å². The van der Waals surface area contributed by atoms with Gasteiger partial charge in [0.15, 0.2) is 0 Å². The second kappa shape index (κ2) is 9.20. The Bertz CT molecular complexity index is 442. The van der Waals surface area contributed by atoms with Gasteiger partial charge in [-0.1, -0.05) is 18.2 Å². The summed E-state index contributed by atoms with van der Waals surface area (Å²) in [6.07, 6.45) is 2.51. The van der Waals surface area contributed by atoms with Gasteiger partial charge in [0.1, 0.15) is 5.82 Å². The van der Waals surface area contributed by atoms with Crippen LogP contribution in [-0.2, 0) is 11.3 Å². The highest BCUT2D eigenvalue weighted by molar-refractivity contribution is 5.16. The van der Waals surface area contributed by atoms with E-state index in [1.807, 2.05) is 0 Å². The van der Waals surface area contributed by atoms with Gasteiger partial charge in [0.25, 0.3) is 0 Å². The van der Waals surface area contributed by atoms with E-state index in [0.29, 0.717) is 18.0 Å². The average molecular weight is 311 g/mol. The van der Waals surface area contributed by atoms with Crippen molar-refractivity contribution in [2.24, 2.45) is 5.92 Å². The SMILES string of the molecule is OCC[C@H]1CCCN(C[C@@H](O)COCc2ccccc2F)C1. The Morgan fingerprint density at radius 3 is 2.95 bits per heavy atom. The van der Waals surface area contributed by atoms with Crippen LogP contribution in [0.3, 0.4) is 0 Å². The van der Waals surface area contributed by atoms with Crippen LogP contribution in [0.25, 0.3) is 0 Å². The Labute approximate surface area is 131 Å². The first-order valence-corrected chi connectivity index (χ1v) is 8.01. The Hall–Kier alpha value is -1.01. The number of aliphatic hydroxyl groups excluding tert-OH is 2. The van der Waals surface area contributed by atoms with Gasteiger partial charge in [-0.25, -0.2) is 4.39 Å². The molecule has 1 aromatic carbocycles. The van der Waals surface area contributed by atoms with Crippen LogP contribution >= 0.6 is 0 Å². The summed E-state index contributed by atoms with van der Waals surface area (Å²) in [6.45, 7) is 3.08. The number of rotatable bonds is 8. The second-order valence-electron chi connectivity index (χ2n) is 6.04. The Morgan fingerprint density at radius 2 is 2.18 bits per heavy atom. The molecule has 1 saturated heterocycles. The maximum atomic E-state index is 13.4. The Kier molecular flexibility index (Phi) is 7.25. The molecule has 0 amide bonds. The first kappa shape index (κ1) is 17.3. The monoisotopic (exact) mass is 311 g/mol. The van der Waals surface area contributed by atoms with Crippen LogP contribution in [0.4, 0.5) is 4.39 Å². The molecule has 1 heterocycles. The molecule has 22 heavy (non-hydrogen) atoms. The van der Waals surface area contributed by atoms with Crippen LogP contribution in [0.1, 0.15) is 24.8 Å². The van der Waals surface area contributed by atoms with E-state index < -0.39 is 6.10 Å². The van der Waals surface area contributed by atoms with Gasteiger partial charge in [-0.15, -0.1) is 0 Å². The van der Waals surface area contributed by atoms with Crippen molar-refractivity contribution in [3.05, 3.63) is 35.6 Å². The number of hydrogen-bond donors (Lipinski definition) is 2. The lowest BCUT2D eigenvalue weighted by molar-refractivity contribution is 0.00136. The molecule has 124 valence electrons. The molecule has 4 nitrogen and oxygen atoms in total. The van der Waals surface area contributed by atoms with Crippen LogP contribution in [0, 0.1) is 11.7 Å². The molecule has 1 fully saturated rings. The highest BCUT2D eigenvalue weighted by Crippen LogP contribution is 2.19. The van der Waals surface area contributed by atoms with Gasteiger partial charge < -0.3 is 19.8 Å². The molecular weight excluding hydrogens is 285 g/mol.